The molecule has 0 radical (unpaired) electrons. The number of esters is 1. The summed E-state index contributed by atoms with van der Waals surface area (Å²) in [6.07, 6.45) is 3.43. The smallest absolute Gasteiger partial charge is 0.337 e. The molecule has 0 aliphatic heterocycles. The molecule has 0 unspecified atom stereocenters. The molecule has 0 fully saturated rings. The summed E-state index contributed by atoms with van der Waals surface area (Å²) in [5.74, 6) is 0.674. The largest absolute Gasteiger partial charge is 0.465 e. The molecule has 100 valence electrons. The van der Waals surface area contributed by atoms with Crippen LogP contribution in [-0.4, -0.2) is 27.7 Å². The summed E-state index contributed by atoms with van der Waals surface area (Å²) >= 11 is 0. The van der Waals surface area contributed by atoms with Crippen LogP contribution in [0.2, 0.25) is 0 Å². The standard InChI is InChI=1S/C14H11N3O3/c1-19-14(18)10-2-4-11(5-3-10)20-13-7-9-17-12(16-13)6-8-15-17/h2-9H,1H3. The van der Waals surface area contributed by atoms with E-state index in [1.165, 1.54) is 7.11 Å². The van der Waals surface area contributed by atoms with Crippen LogP contribution in [0.15, 0.2) is 48.8 Å². The van der Waals surface area contributed by atoms with E-state index in [-0.39, 0.29) is 5.97 Å². The van der Waals surface area contributed by atoms with Gasteiger partial charge in [0.05, 0.1) is 18.9 Å². The Morgan fingerprint density at radius 1 is 1.15 bits per heavy atom. The van der Waals surface area contributed by atoms with Crippen LogP contribution in [0, 0.1) is 0 Å². The van der Waals surface area contributed by atoms with Crippen molar-refractivity contribution in [1.82, 2.24) is 14.6 Å². The molecule has 0 aliphatic rings. The van der Waals surface area contributed by atoms with Gasteiger partial charge in [0.25, 0.3) is 0 Å². The first-order valence-corrected chi connectivity index (χ1v) is 5.93. The quantitative estimate of drug-likeness (QED) is 0.682. The zero-order chi connectivity index (χ0) is 13.9. The van der Waals surface area contributed by atoms with Crippen molar-refractivity contribution in [2.24, 2.45) is 0 Å². The van der Waals surface area contributed by atoms with Gasteiger partial charge < -0.3 is 9.47 Å². The van der Waals surface area contributed by atoms with E-state index in [1.54, 1.807) is 53.3 Å². The number of hydrogen-bond donors (Lipinski definition) is 0. The summed E-state index contributed by atoms with van der Waals surface area (Å²) in [6, 6.07) is 10.2. The van der Waals surface area contributed by atoms with Crippen molar-refractivity contribution in [3.8, 4) is 11.6 Å². The zero-order valence-corrected chi connectivity index (χ0v) is 10.7. The predicted molar refractivity (Wildman–Crippen MR) is 70.8 cm³/mol. The van der Waals surface area contributed by atoms with E-state index in [9.17, 15) is 4.79 Å². The number of nitrogens with zero attached hydrogens (tertiary/aromatic N) is 3. The maximum absolute atomic E-state index is 11.3. The van der Waals surface area contributed by atoms with Crippen molar-refractivity contribution >= 4 is 11.6 Å². The monoisotopic (exact) mass is 269 g/mol. The van der Waals surface area contributed by atoms with E-state index in [1.807, 2.05) is 0 Å². The third kappa shape index (κ3) is 2.31. The Kier molecular flexibility index (Phi) is 3.04. The Balaban J connectivity index is 1.81. The highest BCUT2D eigenvalue weighted by Crippen LogP contribution is 2.20. The van der Waals surface area contributed by atoms with Crippen molar-refractivity contribution in [1.29, 1.82) is 0 Å². The van der Waals surface area contributed by atoms with Gasteiger partial charge in [0.15, 0.2) is 5.65 Å². The van der Waals surface area contributed by atoms with Crippen LogP contribution in [0.1, 0.15) is 10.4 Å². The second-order valence-corrected chi connectivity index (χ2v) is 4.02. The molecule has 0 amide bonds. The van der Waals surface area contributed by atoms with Crippen molar-refractivity contribution in [3.63, 3.8) is 0 Å². The van der Waals surface area contributed by atoms with Gasteiger partial charge in [-0.05, 0) is 24.3 Å². The van der Waals surface area contributed by atoms with Crippen molar-refractivity contribution in [3.05, 3.63) is 54.4 Å². The first-order valence-electron chi connectivity index (χ1n) is 5.93. The number of hydrogen-bond acceptors (Lipinski definition) is 5. The van der Waals surface area contributed by atoms with Gasteiger partial charge in [-0.1, -0.05) is 0 Å². The molecule has 6 heteroatoms. The molecular formula is C14H11N3O3. The molecule has 3 rings (SSSR count). The highest BCUT2D eigenvalue weighted by atomic mass is 16.5. The summed E-state index contributed by atoms with van der Waals surface area (Å²) < 4.78 is 11.9. The maximum Gasteiger partial charge on any atom is 0.337 e. The van der Waals surface area contributed by atoms with E-state index < -0.39 is 0 Å². The normalized spacial score (nSPS) is 10.4. The maximum atomic E-state index is 11.3. The number of carbonyl (C=O) groups is 1. The summed E-state index contributed by atoms with van der Waals surface area (Å²) in [7, 11) is 1.34. The third-order valence-electron chi connectivity index (χ3n) is 2.73. The molecule has 2 heterocycles. The van der Waals surface area contributed by atoms with Crippen LogP contribution in [0.4, 0.5) is 0 Å². The molecule has 0 saturated heterocycles. The molecule has 0 bridgehead atoms. The van der Waals surface area contributed by atoms with Crippen LogP contribution in [0.3, 0.4) is 0 Å². The Labute approximate surface area is 114 Å². The first kappa shape index (κ1) is 12.2. The molecule has 3 aromatic rings. The van der Waals surface area contributed by atoms with Crippen molar-refractivity contribution < 1.29 is 14.3 Å². The molecule has 6 nitrogen and oxygen atoms in total. The molecule has 1 aromatic carbocycles. The molecule has 0 atom stereocenters. The minimum Gasteiger partial charge on any atom is -0.465 e. The number of benzene rings is 1. The minimum atomic E-state index is -0.379. The second kappa shape index (κ2) is 5.00. The lowest BCUT2D eigenvalue weighted by atomic mass is 10.2. The van der Waals surface area contributed by atoms with E-state index in [4.69, 9.17) is 4.74 Å². The number of rotatable bonds is 3. The predicted octanol–water partition coefficient (Wildman–Crippen LogP) is 2.31. The zero-order valence-electron chi connectivity index (χ0n) is 10.7. The number of aromatic nitrogens is 3. The highest BCUT2D eigenvalue weighted by molar-refractivity contribution is 5.89. The van der Waals surface area contributed by atoms with Crippen LogP contribution < -0.4 is 4.74 Å². The van der Waals surface area contributed by atoms with Crippen LogP contribution in [-0.2, 0) is 4.74 Å². The summed E-state index contributed by atoms with van der Waals surface area (Å²) in [5.41, 5.74) is 1.17. The highest BCUT2D eigenvalue weighted by Gasteiger charge is 2.06. The van der Waals surface area contributed by atoms with Gasteiger partial charge >= 0.3 is 5.97 Å². The molecule has 0 spiro atoms. The van der Waals surface area contributed by atoms with Gasteiger partial charge in [-0.25, -0.2) is 9.31 Å². The lowest BCUT2D eigenvalue weighted by Gasteiger charge is -2.05. The second-order valence-electron chi connectivity index (χ2n) is 4.02. The van der Waals surface area contributed by atoms with Gasteiger partial charge in [0, 0.05) is 18.3 Å². The Bertz CT molecular complexity index is 750. The van der Waals surface area contributed by atoms with E-state index in [2.05, 4.69) is 14.8 Å². The number of methoxy groups -OCH3 is 1. The molecule has 0 aliphatic carbocycles. The first-order chi connectivity index (χ1) is 9.76. The van der Waals surface area contributed by atoms with Crippen LogP contribution in [0.5, 0.6) is 11.6 Å². The molecule has 20 heavy (non-hydrogen) atoms. The summed E-state index contributed by atoms with van der Waals surface area (Å²) in [5, 5.41) is 4.05. The Morgan fingerprint density at radius 2 is 1.95 bits per heavy atom. The average Bonchev–Trinajstić information content (AvgIpc) is 2.95. The van der Waals surface area contributed by atoms with Crippen molar-refractivity contribution in [2.45, 2.75) is 0 Å². The van der Waals surface area contributed by atoms with Crippen molar-refractivity contribution in [2.75, 3.05) is 7.11 Å². The Hall–Kier alpha value is -2.89. The molecule has 0 N–H and O–H groups in total. The average molecular weight is 269 g/mol. The van der Waals surface area contributed by atoms with Gasteiger partial charge in [0.2, 0.25) is 5.88 Å². The summed E-state index contributed by atoms with van der Waals surface area (Å²) in [6.45, 7) is 0. The fourth-order valence-corrected chi connectivity index (χ4v) is 1.75. The lowest BCUT2D eigenvalue weighted by Crippen LogP contribution is -2.00. The Morgan fingerprint density at radius 3 is 2.70 bits per heavy atom. The van der Waals surface area contributed by atoms with Crippen LogP contribution in [0.25, 0.3) is 5.65 Å². The van der Waals surface area contributed by atoms with Crippen LogP contribution >= 0.6 is 0 Å². The fourth-order valence-electron chi connectivity index (χ4n) is 1.75. The molecular weight excluding hydrogens is 258 g/mol. The SMILES string of the molecule is COC(=O)c1ccc(Oc2ccn3nccc3n2)cc1. The van der Waals surface area contributed by atoms with Gasteiger partial charge in [0.1, 0.15) is 5.75 Å². The number of ether oxygens (including phenoxy) is 2. The van der Waals surface area contributed by atoms with E-state index in [0.717, 1.165) is 0 Å². The molecule has 2 aromatic heterocycles. The lowest BCUT2D eigenvalue weighted by molar-refractivity contribution is 0.0600. The molecule has 0 saturated carbocycles. The van der Waals surface area contributed by atoms with E-state index >= 15 is 0 Å². The third-order valence-corrected chi connectivity index (χ3v) is 2.73. The van der Waals surface area contributed by atoms with Gasteiger partial charge in [-0.3, -0.25) is 0 Å². The number of fused-ring (bicyclic) bond motifs is 1. The van der Waals surface area contributed by atoms with Gasteiger partial charge in [-0.15, -0.1) is 0 Å². The topological polar surface area (TPSA) is 65.7 Å². The number of carbonyl (C=O) groups excluding carboxylic acids is 1. The van der Waals surface area contributed by atoms with Gasteiger partial charge in [-0.2, -0.15) is 10.1 Å². The fraction of sp³-hybridized carbons (Fsp3) is 0.0714. The summed E-state index contributed by atoms with van der Waals surface area (Å²) in [4.78, 5) is 15.6. The minimum absolute atomic E-state index is 0.379. The van der Waals surface area contributed by atoms with E-state index in [0.29, 0.717) is 22.8 Å².